The van der Waals surface area contributed by atoms with Crippen LogP contribution >= 0.6 is 11.3 Å². The molecule has 1 atom stereocenters. The van der Waals surface area contributed by atoms with Crippen LogP contribution in [0.1, 0.15) is 24.1 Å². The maximum absolute atomic E-state index is 5.75. The standard InChI is InChI=1S/C10H13N3S/c1-8(11)10-4-12-13(6-10)5-9-2-3-14-7-9/h2-4,6-8H,5,11H2,1H3/t8-/m1/s1. The third kappa shape index (κ3) is 2.02. The van der Waals surface area contributed by atoms with E-state index < -0.39 is 0 Å². The molecule has 2 rings (SSSR count). The Labute approximate surface area is 87.2 Å². The Balaban J connectivity index is 2.11. The molecule has 74 valence electrons. The van der Waals surface area contributed by atoms with Gasteiger partial charge in [-0.15, -0.1) is 0 Å². The van der Waals surface area contributed by atoms with Gasteiger partial charge in [0.1, 0.15) is 0 Å². The number of thiophene rings is 1. The predicted molar refractivity (Wildman–Crippen MR) is 58.3 cm³/mol. The van der Waals surface area contributed by atoms with Crippen molar-refractivity contribution in [2.24, 2.45) is 5.73 Å². The summed E-state index contributed by atoms with van der Waals surface area (Å²) in [6.45, 7) is 2.79. The highest BCUT2D eigenvalue weighted by atomic mass is 32.1. The minimum atomic E-state index is 0.0613. The van der Waals surface area contributed by atoms with Crippen LogP contribution in [0, 0.1) is 0 Å². The first kappa shape index (κ1) is 9.43. The monoisotopic (exact) mass is 207 g/mol. The molecular weight excluding hydrogens is 194 g/mol. The first-order valence-electron chi connectivity index (χ1n) is 4.54. The number of rotatable bonds is 3. The average molecular weight is 207 g/mol. The Morgan fingerprint density at radius 1 is 1.64 bits per heavy atom. The van der Waals surface area contributed by atoms with Crippen LogP contribution in [-0.2, 0) is 6.54 Å². The van der Waals surface area contributed by atoms with Gasteiger partial charge >= 0.3 is 0 Å². The van der Waals surface area contributed by atoms with Crippen molar-refractivity contribution in [1.29, 1.82) is 0 Å². The highest BCUT2D eigenvalue weighted by Gasteiger charge is 2.03. The molecule has 14 heavy (non-hydrogen) atoms. The molecular formula is C10H13N3S. The van der Waals surface area contributed by atoms with Crippen LogP contribution in [0.2, 0.25) is 0 Å². The van der Waals surface area contributed by atoms with Gasteiger partial charge in [-0.1, -0.05) is 0 Å². The molecule has 0 spiro atoms. The van der Waals surface area contributed by atoms with Gasteiger partial charge in [0.15, 0.2) is 0 Å². The SMILES string of the molecule is C[C@@H](N)c1cnn(Cc2ccsc2)c1. The molecule has 0 saturated heterocycles. The third-order valence-electron chi connectivity index (χ3n) is 2.10. The smallest absolute Gasteiger partial charge is 0.0667 e. The normalized spacial score (nSPS) is 13.0. The van der Waals surface area contributed by atoms with Crippen LogP contribution in [0.5, 0.6) is 0 Å². The molecule has 0 aromatic carbocycles. The Hall–Kier alpha value is -1.13. The van der Waals surface area contributed by atoms with Gasteiger partial charge in [-0.2, -0.15) is 16.4 Å². The second kappa shape index (κ2) is 3.94. The van der Waals surface area contributed by atoms with E-state index in [0.717, 1.165) is 12.1 Å². The summed E-state index contributed by atoms with van der Waals surface area (Å²) in [6, 6.07) is 2.17. The van der Waals surface area contributed by atoms with Crippen LogP contribution in [0.3, 0.4) is 0 Å². The fourth-order valence-corrected chi connectivity index (χ4v) is 1.93. The summed E-state index contributed by atoms with van der Waals surface area (Å²) in [6.07, 6.45) is 3.83. The Morgan fingerprint density at radius 3 is 3.07 bits per heavy atom. The first-order chi connectivity index (χ1) is 6.75. The summed E-state index contributed by atoms with van der Waals surface area (Å²) < 4.78 is 1.92. The van der Waals surface area contributed by atoms with Crippen molar-refractivity contribution in [2.75, 3.05) is 0 Å². The van der Waals surface area contributed by atoms with E-state index in [1.54, 1.807) is 11.3 Å². The van der Waals surface area contributed by atoms with Gasteiger partial charge in [0.2, 0.25) is 0 Å². The van der Waals surface area contributed by atoms with Crippen molar-refractivity contribution in [3.05, 3.63) is 40.3 Å². The van der Waals surface area contributed by atoms with Gasteiger partial charge in [-0.3, -0.25) is 4.68 Å². The number of hydrogen-bond acceptors (Lipinski definition) is 3. The van der Waals surface area contributed by atoms with Crippen molar-refractivity contribution >= 4 is 11.3 Å². The van der Waals surface area contributed by atoms with Gasteiger partial charge in [0.25, 0.3) is 0 Å². The fourth-order valence-electron chi connectivity index (χ4n) is 1.27. The van der Waals surface area contributed by atoms with Crippen LogP contribution < -0.4 is 5.73 Å². The lowest BCUT2D eigenvalue weighted by Crippen LogP contribution is -2.03. The van der Waals surface area contributed by atoms with E-state index in [2.05, 4.69) is 21.9 Å². The van der Waals surface area contributed by atoms with Gasteiger partial charge in [0.05, 0.1) is 12.7 Å². The minimum Gasteiger partial charge on any atom is -0.324 e. The molecule has 2 aromatic heterocycles. The van der Waals surface area contributed by atoms with Gasteiger partial charge in [-0.05, 0) is 29.3 Å². The highest BCUT2D eigenvalue weighted by molar-refractivity contribution is 7.07. The summed E-state index contributed by atoms with van der Waals surface area (Å²) in [5, 5.41) is 8.46. The molecule has 0 radical (unpaired) electrons. The molecule has 0 aliphatic heterocycles. The summed E-state index contributed by atoms with van der Waals surface area (Å²) in [5.41, 5.74) is 8.12. The fraction of sp³-hybridized carbons (Fsp3) is 0.300. The van der Waals surface area contributed by atoms with Crippen LogP contribution in [0.25, 0.3) is 0 Å². The molecule has 2 aromatic rings. The van der Waals surface area contributed by atoms with Gasteiger partial charge < -0.3 is 5.73 Å². The molecule has 0 saturated carbocycles. The molecule has 0 bridgehead atoms. The van der Waals surface area contributed by atoms with E-state index in [1.807, 2.05) is 24.0 Å². The Morgan fingerprint density at radius 2 is 2.50 bits per heavy atom. The van der Waals surface area contributed by atoms with E-state index in [9.17, 15) is 0 Å². The number of nitrogens with zero attached hydrogens (tertiary/aromatic N) is 2. The Bertz CT molecular complexity index is 389. The van der Waals surface area contributed by atoms with Gasteiger partial charge in [-0.25, -0.2) is 0 Å². The van der Waals surface area contributed by atoms with Crippen molar-refractivity contribution < 1.29 is 0 Å². The zero-order valence-corrected chi connectivity index (χ0v) is 8.87. The van der Waals surface area contributed by atoms with E-state index in [4.69, 9.17) is 5.73 Å². The van der Waals surface area contributed by atoms with Crippen molar-refractivity contribution in [3.8, 4) is 0 Å². The lowest BCUT2D eigenvalue weighted by Gasteiger charge is -1.99. The second-order valence-corrected chi connectivity index (χ2v) is 4.17. The van der Waals surface area contributed by atoms with Crippen molar-refractivity contribution in [2.45, 2.75) is 19.5 Å². The topological polar surface area (TPSA) is 43.8 Å². The molecule has 0 unspecified atom stereocenters. The zero-order valence-electron chi connectivity index (χ0n) is 8.05. The number of nitrogens with two attached hydrogens (primary N) is 1. The van der Waals surface area contributed by atoms with E-state index in [-0.39, 0.29) is 6.04 Å². The van der Waals surface area contributed by atoms with E-state index >= 15 is 0 Å². The maximum Gasteiger partial charge on any atom is 0.0667 e. The molecule has 2 heterocycles. The third-order valence-corrected chi connectivity index (χ3v) is 2.84. The molecule has 0 aliphatic carbocycles. The van der Waals surface area contributed by atoms with Crippen molar-refractivity contribution in [1.82, 2.24) is 9.78 Å². The Kier molecular flexibility index (Phi) is 2.65. The van der Waals surface area contributed by atoms with Crippen LogP contribution in [-0.4, -0.2) is 9.78 Å². The summed E-state index contributed by atoms with van der Waals surface area (Å²) in [4.78, 5) is 0. The highest BCUT2D eigenvalue weighted by Crippen LogP contribution is 2.11. The second-order valence-electron chi connectivity index (χ2n) is 3.39. The zero-order chi connectivity index (χ0) is 9.97. The van der Waals surface area contributed by atoms with E-state index in [1.165, 1.54) is 5.56 Å². The number of hydrogen-bond donors (Lipinski definition) is 1. The average Bonchev–Trinajstić information content (AvgIpc) is 2.75. The quantitative estimate of drug-likeness (QED) is 0.836. The van der Waals surface area contributed by atoms with E-state index in [0.29, 0.717) is 0 Å². The molecule has 2 N–H and O–H groups in total. The molecule has 0 aliphatic rings. The molecule has 0 fully saturated rings. The summed E-state index contributed by atoms with van der Waals surface area (Å²) in [7, 11) is 0. The summed E-state index contributed by atoms with van der Waals surface area (Å²) in [5.74, 6) is 0. The van der Waals surface area contributed by atoms with Gasteiger partial charge in [0, 0.05) is 17.8 Å². The first-order valence-corrected chi connectivity index (χ1v) is 5.49. The lowest BCUT2D eigenvalue weighted by atomic mass is 10.2. The molecule has 0 amide bonds. The maximum atomic E-state index is 5.75. The molecule has 3 nitrogen and oxygen atoms in total. The summed E-state index contributed by atoms with van der Waals surface area (Å²) >= 11 is 1.71. The van der Waals surface area contributed by atoms with Crippen LogP contribution in [0.15, 0.2) is 29.2 Å². The predicted octanol–water partition coefficient (Wildman–Crippen LogP) is 2.01. The largest absolute Gasteiger partial charge is 0.324 e. The number of aromatic nitrogens is 2. The minimum absolute atomic E-state index is 0.0613. The lowest BCUT2D eigenvalue weighted by molar-refractivity contribution is 0.686. The van der Waals surface area contributed by atoms with Crippen LogP contribution in [0.4, 0.5) is 0 Å². The van der Waals surface area contributed by atoms with Crippen molar-refractivity contribution in [3.63, 3.8) is 0 Å². The molecule has 4 heteroatoms.